The fourth-order valence-corrected chi connectivity index (χ4v) is 1.20. The second-order valence-electron chi connectivity index (χ2n) is 3.31. The monoisotopic (exact) mass is 228 g/mol. The minimum absolute atomic E-state index is 0.451. The number of hydrogen-bond donors (Lipinski definition) is 1. The second-order valence-corrected chi connectivity index (χ2v) is 3.31. The Balaban J connectivity index is 2.14. The van der Waals surface area contributed by atoms with Crippen LogP contribution in [-0.2, 0) is 22.6 Å². The second kappa shape index (κ2) is 8.27. The molecule has 0 bridgehead atoms. The lowest BCUT2D eigenvalue weighted by molar-refractivity contribution is 0.0372. The van der Waals surface area contributed by atoms with Crippen LogP contribution in [0, 0.1) is 0 Å². The van der Waals surface area contributed by atoms with E-state index in [4.69, 9.17) is 14.0 Å². The van der Waals surface area contributed by atoms with Crippen LogP contribution >= 0.6 is 0 Å². The molecule has 0 fully saturated rings. The SMILES string of the molecule is CCNCc1cc(COCCOCC)on1. The highest BCUT2D eigenvalue weighted by atomic mass is 16.5. The number of rotatable bonds is 9. The Hall–Kier alpha value is -0.910. The zero-order valence-corrected chi connectivity index (χ0v) is 9.99. The summed E-state index contributed by atoms with van der Waals surface area (Å²) in [6.07, 6.45) is 0. The van der Waals surface area contributed by atoms with E-state index in [0.29, 0.717) is 19.8 Å². The molecule has 0 aromatic carbocycles. The van der Waals surface area contributed by atoms with Crippen LogP contribution in [0.15, 0.2) is 10.6 Å². The molecule has 0 atom stereocenters. The third-order valence-corrected chi connectivity index (χ3v) is 1.98. The highest BCUT2D eigenvalue weighted by Crippen LogP contribution is 2.04. The molecule has 0 amide bonds. The summed E-state index contributed by atoms with van der Waals surface area (Å²) in [4.78, 5) is 0. The number of aromatic nitrogens is 1. The third-order valence-electron chi connectivity index (χ3n) is 1.98. The van der Waals surface area contributed by atoms with Gasteiger partial charge in [0.05, 0.1) is 18.9 Å². The highest BCUT2D eigenvalue weighted by molar-refractivity contribution is 5.04. The van der Waals surface area contributed by atoms with Crippen molar-refractivity contribution in [1.29, 1.82) is 0 Å². The van der Waals surface area contributed by atoms with Gasteiger partial charge in [-0.05, 0) is 13.5 Å². The van der Waals surface area contributed by atoms with Crippen molar-refractivity contribution in [3.63, 3.8) is 0 Å². The topological polar surface area (TPSA) is 56.5 Å². The molecule has 1 N–H and O–H groups in total. The summed E-state index contributed by atoms with van der Waals surface area (Å²) in [5, 5.41) is 7.10. The molecule has 0 unspecified atom stereocenters. The molecule has 0 aliphatic rings. The molecule has 1 aromatic heterocycles. The Labute approximate surface area is 96.1 Å². The van der Waals surface area contributed by atoms with Gasteiger partial charge < -0.3 is 19.3 Å². The first-order valence-corrected chi connectivity index (χ1v) is 5.67. The zero-order chi connectivity index (χ0) is 11.6. The third kappa shape index (κ3) is 5.25. The lowest BCUT2D eigenvalue weighted by Crippen LogP contribution is -2.11. The average Bonchev–Trinajstić information content (AvgIpc) is 2.74. The minimum Gasteiger partial charge on any atom is -0.379 e. The Morgan fingerprint density at radius 1 is 1.31 bits per heavy atom. The van der Waals surface area contributed by atoms with Crippen LogP contribution in [0.1, 0.15) is 25.3 Å². The number of nitrogens with one attached hydrogen (secondary N) is 1. The van der Waals surface area contributed by atoms with Crippen molar-refractivity contribution in [2.75, 3.05) is 26.4 Å². The smallest absolute Gasteiger partial charge is 0.162 e. The Morgan fingerprint density at radius 3 is 2.88 bits per heavy atom. The van der Waals surface area contributed by atoms with Gasteiger partial charge in [0.2, 0.25) is 0 Å². The van der Waals surface area contributed by atoms with Gasteiger partial charge in [0.25, 0.3) is 0 Å². The van der Waals surface area contributed by atoms with E-state index in [9.17, 15) is 0 Å². The summed E-state index contributed by atoms with van der Waals surface area (Å²) in [7, 11) is 0. The maximum absolute atomic E-state index is 5.36. The number of ether oxygens (including phenoxy) is 2. The lowest BCUT2D eigenvalue weighted by Gasteiger charge is -2.00. The van der Waals surface area contributed by atoms with Crippen LogP contribution in [0.3, 0.4) is 0 Å². The Kier molecular flexibility index (Phi) is 6.80. The van der Waals surface area contributed by atoms with Gasteiger partial charge in [0, 0.05) is 19.2 Å². The number of nitrogens with zero attached hydrogens (tertiary/aromatic N) is 1. The molecule has 0 saturated heterocycles. The quantitative estimate of drug-likeness (QED) is 0.646. The van der Waals surface area contributed by atoms with Crippen LogP contribution in [0.25, 0.3) is 0 Å². The predicted octanol–water partition coefficient (Wildman–Crippen LogP) is 1.34. The molecule has 16 heavy (non-hydrogen) atoms. The van der Waals surface area contributed by atoms with Gasteiger partial charge in [-0.2, -0.15) is 0 Å². The van der Waals surface area contributed by atoms with Crippen LogP contribution in [0.5, 0.6) is 0 Å². The van der Waals surface area contributed by atoms with Gasteiger partial charge in [-0.3, -0.25) is 0 Å². The standard InChI is InChI=1S/C11H20N2O3/c1-3-12-8-10-7-11(16-13-10)9-15-6-5-14-4-2/h7,12H,3-6,8-9H2,1-2H3. The molecule has 0 aliphatic heterocycles. The molecule has 1 heterocycles. The molecule has 0 radical (unpaired) electrons. The summed E-state index contributed by atoms with van der Waals surface area (Å²) >= 11 is 0. The van der Waals surface area contributed by atoms with E-state index in [1.165, 1.54) is 0 Å². The molecule has 0 spiro atoms. The molecule has 92 valence electrons. The van der Waals surface area contributed by atoms with Gasteiger partial charge >= 0.3 is 0 Å². The molecule has 1 rings (SSSR count). The molecular weight excluding hydrogens is 208 g/mol. The van der Waals surface area contributed by atoms with E-state index in [2.05, 4.69) is 17.4 Å². The van der Waals surface area contributed by atoms with Crippen LogP contribution < -0.4 is 5.32 Å². The van der Waals surface area contributed by atoms with E-state index >= 15 is 0 Å². The summed E-state index contributed by atoms with van der Waals surface area (Å²) in [6.45, 7) is 8.05. The molecule has 0 aliphatic carbocycles. The average molecular weight is 228 g/mol. The fraction of sp³-hybridized carbons (Fsp3) is 0.727. The van der Waals surface area contributed by atoms with E-state index in [1.807, 2.05) is 13.0 Å². The van der Waals surface area contributed by atoms with E-state index in [1.54, 1.807) is 0 Å². The first-order valence-electron chi connectivity index (χ1n) is 5.67. The molecule has 5 nitrogen and oxygen atoms in total. The normalized spacial score (nSPS) is 10.9. The van der Waals surface area contributed by atoms with Crippen molar-refractivity contribution in [2.45, 2.75) is 27.0 Å². The molecule has 0 saturated carbocycles. The van der Waals surface area contributed by atoms with Crippen molar-refractivity contribution in [3.8, 4) is 0 Å². The molecule has 1 aromatic rings. The summed E-state index contributed by atoms with van der Waals surface area (Å²) < 4.78 is 15.6. The molecular formula is C11H20N2O3. The van der Waals surface area contributed by atoms with Crippen molar-refractivity contribution < 1.29 is 14.0 Å². The van der Waals surface area contributed by atoms with Gasteiger partial charge in [0.1, 0.15) is 6.61 Å². The van der Waals surface area contributed by atoms with Crippen molar-refractivity contribution >= 4 is 0 Å². The van der Waals surface area contributed by atoms with E-state index < -0.39 is 0 Å². The predicted molar refractivity (Wildman–Crippen MR) is 60.0 cm³/mol. The Morgan fingerprint density at radius 2 is 2.12 bits per heavy atom. The Bertz CT molecular complexity index is 276. The van der Waals surface area contributed by atoms with Gasteiger partial charge in [0.15, 0.2) is 5.76 Å². The summed E-state index contributed by atoms with van der Waals surface area (Å²) in [5.41, 5.74) is 0.908. The number of hydrogen-bond acceptors (Lipinski definition) is 5. The van der Waals surface area contributed by atoms with E-state index in [0.717, 1.165) is 31.2 Å². The van der Waals surface area contributed by atoms with Crippen molar-refractivity contribution in [1.82, 2.24) is 10.5 Å². The van der Waals surface area contributed by atoms with Gasteiger partial charge in [-0.25, -0.2) is 0 Å². The summed E-state index contributed by atoms with van der Waals surface area (Å²) in [6, 6.07) is 1.91. The van der Waals surface area contributed by atoms with Crippen LogP contribution in [-0.4, -0.2) is 31.5 Å². The van der Waals surface area contributed by atoms with E-state index in [-0.39, 0.29) is 0 Å². The zero-order valence-electron chi connectivity index (χ0n) is 9.99. The highest BCUT2D eigenvalue weighted by Gasteiger charge is 2.03. The van der Waals surface area contributed by atoms with Crippen LogP contribution in [0.2, 0.25) is 0 Å². The largest absolute Gasteiger partial charge is 0.379 e. The minimum atomic E-state index is 0.451. The fourth-order valence-electron chi connectivity index (χ4n) is 1.20. The van der Waals surface area contributed by atoms with Gasteiger partial charge in [-0.1, -0.05) is 12.1 Å². The first-order chi connectivity index (χ1) is 7.86. The first kappa shape index (κ1) is 13.2. The maximum Gasteiger partial charge on any atom is 0.162 e. The van der Waals surface area contributed by atoms with Crippen molar-refractivity contribution in [2.24, 2.45) is 0 Å². The lowest BCUT2D eigenvalue weighted by atomic mass is 10.3. The summed E-state index contributed by atoms with van der Waals surface area (Å²) in [5.74, 6) is 0.754. The molecule has 5 heteroatoms. The van der Waals surface area contributed by atoms with Crippen LogP contribution in [0.4, 0.5) is 0 Å². The maximum atomic E-state index is 5.36. The van der Waals surface area contributed by atoms with Crippen molar-refractivity contribution in [3.05, 3.63) is 17.5 Å². The van der Waals surface area contributed by atoms with Gasteiger partial charge in [-0.15, -0.1) is 0 Å².